The van der Waals surface area contributed by atoms with E-state index in [1.165, 1.54) is 13.2 Å². The Bertz CT molecular complexity index is 597. The van der Waals surface area contributed by atoms with Crippen LogP contribution in [0.1, 0.15) is 5.69 Å². The number of carbonyl (C=O) groups excluding carboxylic acids is 1. The quantitative estimate of drug-likeness (QED) is 0.612. The molecule has 0 unspecified atom stereocenters. The Hall–Kier alpha value is -2.23. The number of esters is 1. The third-order valence-corrected chi connectivity index (χ3v) is 2.70. The SMILES string of the molecule is COC(=O)/C=C/c1cc2ccccc2n1N(C)C. The predicted octanol–water partition coefficient (Wildman–Crippen LogP) is 2.03. The molecule has 1 aromatic carbocycles. The number of benzene rings is 1. The molecule has 2 rings (SSSR count). The lowest BCUT2D eigenvalue weighted by molar-refractivity contribution is -0.134. The van der Waals surface area contributed by atoms with Crippen LogP contribution in [0, 0.1) is 0 Å². The van der Waals surface area contributed by atoms with Gasteiger partial charge in [0.15, 0.2) is 0 Å². The van der Waals surface area contributed by atoms with Crippen molar-refractivity contribution in [3.8, 4) is 0 Å². The summed E-state index contributed by atoms with van der Waals surface area (Å²) in [5.74, 6) is -0.356. The van der Waals surface area contributed by atoms with E-state index in [0.717, 1.165) is 16.6 Å². The highest BCUT2D eigenvalue weighted by molar-refractivity contribution is 5.89. The van der Waals surface area contributed by atoms with Crippen LogP contribution in [-0.4, -0.2) is 31.9 Å². The minimum Gasteiger partial charge on any atom is -0.466 e. The lowest BCUT2D eigenvalue weighted by Crippen LogP contribution is -2.25. The molecule has 0 fully saturated rings. The van der Waals surface area contributed by atoms with Gasteiger partial charge in [0.05, 0.1) is 18.3 Å². The van der Waals surface area contributed by atoms with Gasteiger partial charge in [0.25, 0.3) is 0 Å². The van der Waals surface area contributed by atoms with E-state index in [2.05, 4.69) is 4.74 Å². The van der Waals surface area contributed by atoms with Gasteiger partial charge >= 0.3 is 5.97 Å². The van der Waals surface area contributed by atoms with Crippen LogP contribution in [0.15, 0.2) is 36.4 Å². The molecule has 4 heteroatoms. The van der Waals surface area contributed by atoms with Crippen molar-refractivity contribution in [1.82, 2.24) is 4.68 Å². The maximum Gasteiger partial charge on any atom is 0.330 e. The van der Waals surface area contributed by atoms with E-state index in [1.54, 1.807) is 6.08 Å². The molecule has 0 amide bonds. The first-order chi connectivity index (χ1) is 8.63. The highest BCUT2D eigenvalue weighted by Gasteiger charge is 2.07. The van der Waals surface area contributed by atoms with Crippen LogP contribution in [0.5, 0.6) is 0 Å². The van der Waals surface area contributed by atoms with Gasteiger partial charge in [0.1, 0.15) is 0 Å². The summed E-state index contributed by atoms with van der Waals surface area (Å²) >= 11 is 0. The number of aromatic nitrogens is 1. The van der Waals surface area contributed by atoms with Gasteiger partial charge in [0, 0.05) is 25.6 Å². The molecule has 0 aliphatic heterocycles. The third-order valence-electron chi connectivity index (χ3n) is 2.70. The predicted molar refractivity (Wildman–Crippen MR) is 73.1 cm³/mol. The number of fused-ring (bicyclic) bond motifs is 1. The van der Waals surface area contributed by atoms with Crippen molar-refractivity contribution in [2.75, 3.05) is 26.2 Å². The van der Waals surface area contributed by atoms with E-state index in [-0.39, 0.29) is 5.97 Å². The molecule has 0 atom stereocenters. The summed E-state index contributed by atoms with van der Waals surface area (Å²) < 4.78 is 6.63. The van der Waals surface area contributed by atoms with E-state index >= 15 is 0 Å². The standard InChI is InChI=1S/C14H16N2O2/c1-15(2)16-12(8-9-14(17)18-3)10-11-6-4-5-7-13(11)16/h4-10H,1-3H3/b9-8+. The highest BCUT2D eigenvalue weighted by atomic mass is 16.5. The van der Waals surface area contributed by atoms with Crippen molar-refractivity contribution >= 4 is 22.9 Å². The van der Waals surface area contributed by atoms with Crippen LogP contribution in [0.25, 0.3) is 17.0 Å². The molecular weight excluding hydrogens is 228 g/mol. The molecule has 1 aromatic heterocycles. The van der Waals surface area contributed by atoms with Gasteiger partial charge in [-0.25, -0.2) is 4.79 Å². The molecule has 4 nitrogen and oxygen atoms in total. The maximum atomic E-state index is 11.1. The molecule has 18 heavy (non-hydrogen) atoms. The minimum absolute atomic E-state index is 0.356. The number of nitrogens with zero attached hydrogens (tertiary/aromatic N) is 2. The van der Waals surface area contributed by atoms with Gasteiger partial charge in [-0.1, -0.05) is 18.2 Å². The Labute approximate surface area is 106 Å². The molecule has 0 spiro atoms. The van der Waals surface area contributed by atoms with Crippen molar-refractivity contribution in [3.63, 3.8) is 0 Å². The van der Waals surface area contributed by atoms with E-state index in [4.69, 9.17) is 0 Å². The van der Waals surface area contributed by atoms with Gasteiger partial charge < -0.3 is 9.75 Å². The Morgan fingerprint density at radius 2 is 2.06 bits per heavy atom. The Morgan fingerprint density at radius 3 is 2.72 bits per heavy atom. The zero-order valence-corrected chi connectivity index (χ0v) is 10.8. The number of para-hydroxylation sites is 1. The van der Waals surface area contributed by atoms with Crippen molar-refractivity contribution in [2.45, 2.75) is 0 Å². The van der Waals surface area contributed by atoms with Crippen LogP contribution in [0.3, 0.4) is 0 Å². The molecular formula is C14H16N2O2. The zero-order valence-electron chi connectivity index (χ0n) is 10.8. The number of ether oxygens (including phenoxy) is 1. The van der Waals surface area contributed by atoms with Crippen molar-refractivity contribution in [2.24, 2.45) is 0 Å². The fourth-order valence-electron chi connectivity index (χ4n) is 1.95. The van der Waals surface area contributed by atoms with Gasteiger partial charge in [-0.15, -0.1) is 0 Å². The highest BCUT2D eigenvalue weighted by Crippen LogP contribution is 2.20. The van der Waals surface area contributed by atoms with Gasteiger partial charge in [-0.05, 0) is 18.2 Å². The van der Waals surface area contributed by atoms with E-state index in [0.29, 0.717) is 0 Å². The number of methoxy groups -OCH3 is 1. The summed E-state index contributed by atoms with van der Waals surface area (Å²) in [5.41, 5.74) is 2.04. The first-order valence-corrected chi connectivity index (χ1v) is 5.67. The van der Waals surface area contributed by atoms with Crippen LogP contribution in [-0.2, 0) is 9.53 Å². The molecule has 0 saturated heterocycles. The Morgan fingerprint density at radius 1 is 1.33 bits per heavy atom. The fourth-order valence-corrected chi connectivity index (χ4v) is 1.95. The minimum atomic E-state index is -0.356. The molecule has 1 heterocycles. The van der Waals surface area contributed by atoms with Gasteiger partial charge in [-0.2, -0.15) is 0 Å². The largest absolute Gasteiger partial charge is 0.466 e. The van der Waals surface area contributed by atoms with E-state index in [9.17, 15) is 4.79 Å². The average molecular weight is 244 g/mol. The number of hydrogen-bond donors (Lipinski definition) is 0. The average Bonchev–Trinajstić information content (AvgIpc) is 2.74. The summed E-state index contributed by atoms with van der Waals surface area (Å²) in [6.45, 7) is 0. The Kier molecular flexibility index (Phi) is 3.37. The molecule has 0 bridgehead atoms. The second-order valence-corrected chi connectivity index (χ2v) is 4.14. The monoisotopic (exact) mass is 244 g/mol. The molecule has 0 saturated carbocycles. The molecule has 0 aliphatic rings. The second kappa shape index (κ2) is 4.96. The summed E-state index contributed by atoms with van der Waals surface area (Å²) in [5, 5.41) is 3.11. The first kappa shape index (κ1) is 12.2. The molecule has 94 valence electrons. The lowest BCUT2D eigenvalue weighted by Gasteiger charge is -2.18. The summed E-state index contributed by atoms with van der Waals surface area (Å²) in [6, 6.07) is 10.1. The summed E-state index contributed by atoms with van der Waals surface area (Å²) in [4.78, 5) is 11.1. The van der Waals surface area contributed by atoms with Gasteiger partial charge in [0.2, 0.25) is 0 Å². The van der Waals surface area contributed by atoms with Gasteiger partial charge in [-0.3, -0.25) is 4.68 Å². The second-order valence-electron chi connectivity index (χ2n) is 4.14. The topological polar surface area (TPSA) is 34.5 Å². The zero-order chi connectivity index (χ0) is 13.1. The number of hydrogen-bond acceptors (Lipinski definition) is 3. The van der Waals surface area contributed by atoms with Crippen LogP contribution in [0.4, 0.5) is 0 Å². The summed E-state index contributed by atoms with van der Waals surface area (Å²) in [6.07, 6.45) is 3.18. The van der Waals surface area contributed by atoms with E-state index < -0.39 is 0 Å². The molecule has 2 aromatic rings. The molecule has 0 aliphatic carbocycles. The Balaban J connectivity index is 2.52. The van der Waals surface area contributed by atoms with Crippen molar-refractivity contribution < 1.29 is 9.53 Å². The van der Waals surface area contributed by atoms with Crippen LogP contribution < -0.4 is 5.01 Å². The number of rotatable bonds is 3. The van der Waals surface area contributed by atoms with Crippen LogP contribution in [0.2, 0.25) is 0 Å². The van der Waals surface area contributed by atoms with Crippen molar-refractivity contribution in [1.29, 1.82) is 0 Å². The fraction of sp³-hybridized carbons (Fsp3) is 0.214. The lowest BCUT2D eigenvalue weighted by atomic mass is 10.2. The molecule has 0 radical (unpaired) electrons. The molecule has 0 N–H and O–H groups in total. The van der Waals surface area contributed by atoms with Crippen molar-refractivity contribution in [3.05, 3.63) is 42.1 Å². The summed E-state index contributed by atoms with van der Waals surface area (Å²) in [7, 11) is 5.29. The third kappa shape index (κ3) is 2.22. The maximum absolute atomic E-state index is 11.1. The van der Waals surface area contributed by atoms with E-state index in [1.807, 2.05) is 54.1 Å². The smallest absolute Gasteiger partial charge is 0.330 e. The number of carbonyl (C=O) groups is 1. The van der Waals surface area contributed by atoms with Crippen LogP contribution >= 0.6 is 0 Å². The first-order valence-electron chi connectivity index (χ1n) is 5.67. The normalized spacial score (nSPS) is 11.1.